The highest BCUT2D eigenvalue weighted by Crippen LogP contribution is 2.30. The zero-order chi connectivity index (χ0) is 17.5. The summed E-state index contributed by atoms with van der Waals surface area (Å²) in [7, 11) is 0. The van der Waals surface area contributed by atoms with Gasteiger partial charge >= 0.3 is 0 Å². The van der Waals surface area contributed by atoms with Crippen LogP contribution < -0.4 is 0 Å². The van der Waals surface area contributed by atoms with Crippen molar-refractivity contribution in [3.05, 3.63) is 45.8 Å². The number of likely N-dealkylation sites (tertiary alicyclic amines) is 1. The molecule has 1 fully saturated rings. The van der Waals surface area contributed by atoms with Crippen LogP contribution in [0.2, 0.25) is 0 Å². The Morgan fingerprint density at radius 3 is 3.00 bits per heavy atom. The third kappa shape index (κ3) is 2.70. The summed E-state index contributed by atoms with van der Waals surface area (Å²) in [5.41, 5.74) is 2.01. The molecule has 1 amide bonds. The second kappa shape index (κ2) is 6.46. The van der Waals surface area contributed by atoms with Crippen molar-refractivity contribution in [1.29, 1.82) is 0 Å². The Morgan fingerprint density at radius 2 is 2.08 bits per heavy atom. The summed E-state index contributed by atoms with van der Waals surface area (Å²) in [4.78, 5) is 21.0. The van der Waals surface area contributed by atoms with E-state index in [4.69, 9.17) is 0 Å². The maximum atomic E-state index is 13.0. The molecule has 7 heteroatoms. The molecule has 134 valence electrons. The van der Waals surface area contributed by atoms with Crippen LogP contribution in [-0.4, -0.2) is 43.5 Å². The van der Waals surface area contributed by atoms with Gasteiger partial charge in [0.1, 0.15) is 5.82 Å². The summed E-state index contributed by atoms with van der Waals surface area (Å²) in [5, 5.41) is 9.34. The summed E-state index contributed by atoms with van der Waals surface area (Å²) < 4.78 is 2.04. The van der Waals surface area contributed by atoms with Crippen LogP contribution >= 0.6 is 11.3 Å². The molecule has 3 aromatic heterocycles. The molecule has 1 saturated heterocycles. The zero-order valence-corrected chi connectivity index (χ0v) is 15.4. The minimum Gasteiger partial charge on any atom is -0.336 e. The standard InChI is InChI=1S/C19H21N5OS/c25-19(18-20-14-7-1-2-8-15(14)26-18)23-10-5-6-13(12-23)17-22-21-16-9-3-4-11-24(16)17/h3-4,9,11,13H,1-2,5-8,10,12H2. The van der Waals surface area contributed by atoms with E-state index in [1.165, 1.54) is 17.7 Å². The molecule has 0 aromatic carbocycles. The number of thiazole rings is 1. The molecule has 1 unspecified atom stereocenters. The van der Waals surface area contributed by atoms with E-state index in [1.54, 1.807) is 11.3 Å². The number of fused-ring (bicyclic) bond motifs is 2. The Hall–Kier alpha value is -2.28. The van der Waals surface area contributed by atoms with Crippen molar-refractivity contribution in [1.82, 2.24) is 24.5 Å². The topological polar surface area (TPSA) is 63.4 Å². The number of amides is 1. The van der Waals surface area contributed by atoms with Crippen LogP contribution in [0, 0.1) is 0 Å². The molecule has 26 heavy (non-hydrogen) atoms. The number of rotatable bonds is 2. The van der Waals surface area contributed by atoms with Crippen LogP contribution in [0.25, 0.3) is 5.65 Å². The molecule has 1 aliphatic carbocycles. The van der Waals surface area contributed by atoms with Crippen LogP contribution in [0.1, 0.15) is 57.8 Å². The lowest BCUT2D eigenvalue weighted by atomic mass is 9.97. The van der Waals surface area contributed by atoms with Crippen molar-refractivity contribution in [3.8, 4) is 0 Å². The molecule has 1 atom stereocenters. The largest absolute Gasteiger partial charge is 0.336 e. The molecule has 0 radical (unpaired) electrons. The first-order chi connectivity index (χ1) is 12.8. The SMILES string of the molecule is O=C(c1nc2c(s1)CCCC2)N1CCCC(c2nnc3ccccn23)C1. The van der Waals surface area contributed by atoms with Crippen molar-refractivity contribution in [3.63, 3.8) is 0 Å². The van der Waals surface area contributed by atoms with Crippen LogP contribution in [0.5, 0.6) is 0 Å². The normalized spacial score (nSPS) is 20.3. The molecule has 0 saturated carbocycles. The monoisotopic (exact) mass is 367 g/mol. The number of hydrogen-bond donors (Lipinski definition) is 0. The minimum atomic E-state index is 0.0860. The van der Waals surface area contributed by atoms with Crippen LogP contribution in [0.15, 0.2) is 24.4 Å². The van der Waals surface area contributed by atoms with E-state index in [1.807, 2.05) is 33.7 Å². The van der Waals surface area contributed by atoms with Gasteiger partial charge in [0.25, 0.3) is 5.91 Å². The molecular formula is C19H21N5OS. The lowest BCUT2D eigenvalue weighted by molar-refractivity contribution is 0.0703. The van der Waals surface area contributed by atoms with Gasteiger partial charge in [-0.05, 0) is 50.7 Å². The molecule has 0 spiro atoms. The average Bonchev–Trinajstić information content (AvgIpc) is 3.31. The van der Waals surface area contributed by atoms with Gasteiger partial charge in [0.15, 0.2) is 10.7 Å². The maximum absolute atomic E-state index is 13.0. The number of piperidine rings is 1. The van der Waals surface area contributed by atoms with E-state index in [0.717, 1.165) is 49.4 Å². The van der Waals surface area contributed by atoms with Gasteiger partial charge in [-0.3, -0.25) is 9.20 Å². The van der Waals surface area contributed by atoms with Crippen molar-refractivity contribution in [2.45, 2.75) is 44.4 Å². The van der Waals surface area contributed by atoms with Gasteiger partial charge in [-0.2, -0.15) is 0 Å². The van der Waals surface area contributed by atoms with E-state index in [0.29, 0.717) is 11.6 Å². The van der Waals surface area contributed by atoms with Crippen molar-refractivity contribution in [2.75, 3.05) is 13.1 Å². The number of carbonyl (C=O) groups excluding carboxylic acids is 1. The first-order valence-corrected chi connectivity index (χ1v) is 10.2. The fourth-order valence-corrected chi connectivity index (χ4v) is 5.21. The number of carbonyl (C=O) groups is 1. The van der Waals surface area contributed by atoms with Gasteiger partial charge in [-0.15, -0.1) is 21.5 Å². The van der Waals surface area contributed by atoms with Gasteiger partial charge < -0.3 is 4.90 Å². The minimum absolute atomic E-state index is 0.0860. The fraction of sp³-hybridized carbons (Fsp3) is 0.474. The van der Waals surface area contributed by atoms with E-state index < -0.39 is 0 Å². The number of nitrogens with zero attached hydrogens (tertiary/aromatic N) is 5. The van der Waals surface area contributed by atoms with Crippen LogP contribution in [-0.2, 0) is 12.8 Å². The summed E-state index contributed by atoms with van der Waals surface area (Å²) in [5.74, 6) is 1.26. The van der Waals surface area contributed by atoms with E-state index in [-0.39, 0.29) is 11.8 Å². The number of hydrogen-bond acceptors (Lipinski definition) is 5. The van der Waals surface area contributed by atoms with Gasteiger partial charge in [-0.1, -0.05) is 6.07 Å². The third-order valence-electron chi connectivity index (χ3n) is 5.44. The highest BCUT2D eigenvalue weighted by molar-refractivity contribution is 7.13. The first-order valence-electron chi connectivity index (χ1n) is 9.37. The molecular weight excluding hydrogens is 346 g/mol. The number of pyridine rings is 1. The Morgan fingerprint density at radius 1 is 1.15 bits per heavy atom. The number of aryl methyl sites for hydroxylation is 2. The highest BCUT2D eigenvalue weighted by atomic mass is 32.1. The number of aromatic nitrogens is 4. The second-order valence-electron chi connectivity index (χ2n) is 7.17. The van der Waals surface area contributed by atoms with Gasteiger partial charge in [-0.25, -0.2) is 4.98 Å². The Kier molecular flexibility index (Phi) is 3.96. The second-order valence-corrected chi connectivity index (χ2v) is 8.26. The molecule has 6 nitrogen and oxygen atoms in total. The quantitative estimate of drug-likeness (QED) is 0.698. The van der Waals surface area contributed by atoms with E-state index in [2.05, 4.69) is 15.2 Å². The van der Waals surface area contributed by atoms with E-state index in [9.17, 15) is 4.79 Å². The molecule has 4 heterocycles. The maximum Gasteiger partial charge on any atom is 0.282 e. The zero-order valence-electron chi connectivity index (χ0n) is 14.6. The summed E-state index contributed by atoms with van der Waals surface area (Å²) in [6.45, 7) is 1.50. The van der Waals surface area contributed by atoms with Gasteiger partial charge in [0.2, 0.25) is 0 Å². The predicted octanol–water partition coefficient (Wildman–Crippen LogP) is 3.08. The summed E-state index contributed by atoms with van der Waals surface area (Å²) >= 11 is 1.60. The first kappa shape index (κ1) is 15.9. The molecule has 1 aliphatic heterocycles. The van der Waals surface area contributed by atoms with Crippen LogP contribution in [0.3, 0.4) is 0 Å². The summed E-state index contributed by atoms with van der Waals surface area (Å²) in [6.07, 6.45) is 8.53. The fourth-order valence-electron chi connectivity index (χ4n) is 4.09. The lowest BCUT2D eigenvalue weighted by Gasteiger charge is -2.31. The third-order valence-corrected chi connectivity index (χ3v) is 6.59. The Labute approximate surface area is 155 Å². The lowest BCUT2D eigenvalue weighted by Crippen LogP contribution is -2.39. The Bertz CT molecular complexity index is 938. The van der Waals surface area contributed by atoms with Crippen LogP contribution in [0.4, 0.5) is 0 Å². The Balaban J connectivity index is 1.38. The molecule has 5 rings (SSSR count). The van der Waals surface area contributed by atoms with Crippen molar-refractivity contribution >= 4 is 22.9 Å². The predicted molar refractivity (Wildman–Crippen MR) is 99.6 cm³/mol. The smallest absolute Gasteiger partial charge is 0.282 e. The van der Waals surface area contributed by atoms with E-state index >= 15 is 0 Å². The van der Waals surface area contributed by atoms with Gasteiger partial charge in [0.05, 0.1) is 5.69 Å². The van der Waals surface area contributed by atoms with Crippen molar-refractivity contribution in [2.24, 2.45) is 0 Å². The molecule has 0 bridgehead atoms. The average molecular weight is 367 g/mol. The molecule has 2 aliphatic rings. The van der Waals surface area contributed by atoms with Crippen molar-refractivity contribution < 1.29 is 4.79 Å². The molecule has 3 aromatic rings. The highest BCUT2D eigenvalue weighted by Gasteiger charge is 2.30. The molecule has 0 N–H and O–H groups in total. The summed E-state index contributed by atoms with van der Waals surface area (Å²) in [6, 6.07) is 5.92. The van der Waals surface area contributed by atoms with Gasteiger partial charge in [0, 0.05) is 30.1 Å².